The van der Waals surface area contributed by atoms with Gasteiger partial charge in [0.1, 0.15) is 5.82 Å². The second-order valence-electron chi connectivity index (χ2n) is 6.75. The van der Waals surface area contributed by atoms with Crippen molar-refractivity contribution in [3.8, 4) is 0 Å². The molecule has 0 fully saturated rings. The van der Waals surface area contributed by atoms with Crippen LogP contribution in [0, 0.1) is 23.1 Å². The summed E-state index contributed by atoms with van der Waals surface area (Å²) >= 11 is 6.20. The molecule has 0 heterocycles. The summed E-state index contributed by atoms with van der Waals surface area (Å²) in [6.45, 7) is 13.0. The number of nitrogens with one attached hydrogen (secondary N) is 1. The van der Waals surface area contributed by atoms with E-state index >= 15 is 0 Å². The maximum atomic E-state index is 13.4. The molecule has 3 heteroatoms. The predicted molar refractivity (Wildman–Crippen MR) is 85.8 cm³/mol. The summed E-state index contributed by atoms with van der Waals surface area (Å²) in [6, 6.07) is 4.62. The van der Waals surface area contributed by atoms with Gasteiger partial charge in [-0.2, -0.15) is 0 Å². The first-order valence-electron chi connectivity index (χ1n) is 7.39. The van der Waals surface area contributed by atoms with Gasteiger partial charge in [0.15, 0.2) is 0 Å². The smallest absolute Gasteiger partial charge is 0.123 e. The minimum atomic E-state index is -0.217. The molecule has 1 nitrogen and oxygen atoms in total. The summed E-state index contributed by atoms with van der Waals surface area (Å²) < 4.78 is 13.4. The lowest BCUT2D eigenvalue weighted by Gasteiger charge is -2.35. The fraction of sp³-hybridized carbons (Fsp3) is 0.647. The van der Waals surface area contributed by atoms with Crippen molar-refractivity contribution in [3.05, 3.63) is 34.6 Å². The van der Waals surface area contributed by atoms with Crippen LogP contribution in [0.25, 0.3) is 0 Å². The first kappa shape index (κ1) is 17.5. The Balaban J connectivity index is 2.82. The van der Waals surface area contributed by atoms with Crippen LogP contribution in [-0.4, -0.2) is 13.1 Å². The lowest BCUT2D eigenvalue weighted by atomic mass is 9.74. The van der Waals surface area contributed by atoms with Crippen LogP contribution in [0.1, 0.15) is 40.2 Å². The zero-order valence-electron chi connectivity index (χ0n) is 13.3. The molecule has 0 saturated heterocycles. The maximum Gasteiger partial charge on any atom is 0.123 e. The van der Waals surface area contributed by atoms with E-state index in [-0.39, 0.29) is 11.2 Å². The molecular weight excluding hydrogens is 273 g/mol. The molecular formula is C17H27ClFN. The van der Waals surface area contributed by atoms with E-state index in [1.807, 2.05) is 0 Å². The van der Waals surface area contributed by atoms with Gasteiger partial charge in [0.2, 0.25) is 0 Å². The lowest BCUT2D eigenvalue weighted by Crippen LogP contribution is -2.39. The molecule has 0 aliphatic carbocycles. The highest BCUT2D eigenvalue weighted by molar-refractivity contribution is 6.31. The molecule has 1 rings (SSSR count). The van der Waals surface area contributed by atoms with Crippen molar-refractivity contribution < 1.29 is 4.39 Å². The van der Waals surface area contributed by atoms with E-state index in [1.165, 1.54) is 6.07 Å². The predicted octanol–water partition coefficient (Wildman–Crippen LogP) is 4.93. The Kier molecular flexibility index (Phi) is 6.47. The van der Waals surface area contributed by atoms with Gasteiger partial charge >= 0.3 is 0 Å². The van der Waals surface area contributed by atoms with Crippen molar-refractivity contribution in [1.82, 2.24) is 5.32 Å². The maximum absolute atomic E-state index is 13.4. The van der Waals surface area contributed by atoms with E-state index in [2.05, 4.69) is 39.9 Å². The van der Waals surface area contributed by atoms with Gasteiger partial charge in [-0.3, -0.25) is 0 Å². The first-order chi connectivity index (χ1) is 9.24. The lowest BCUT2D eigenvalue weighted by molar-refractivity contribution is 0.205. The number of halogens is 2. The van der Waals surface area contributed by atoms with Crippen molar-refractivity contribution in [2.45, 2.75) is 41.0 Å². The molecule has 1 unspecified atom stereocenters. The van der Waals surface area contributed by atoms with Gasteiger partial charge in [0, 0.05) is 11.6 Å². The van der Waals surface area contributed by atoms with Gasteiger partial charge < -0.3 is 5.32 Å². The zero-order chi connectivity index (χ0) is 15.3. The van der Waals surface area contributed by atoms with E-state index < -0.39 is 0 Å². The largest absolute Gasteiger partial charge is 0.316 e. The van der Waals surface area contributed by atoms with Gasteiger partial charge in [-0.1, -0.05) is 46.2 Å². The van der Waals surface area contributed by atoms with Crippen LogP contribution < -0.4 is 5.32 Å². The Morgan fingerprint density at radius 3 is 2.45 bits per heavy atom. The molecule has 1 atom stereocenters. The van der Waals surface area contributed by atoms with Crippen LogP contribution >= 0.6 is 11.6 Å². The van der Waals surface area contributed by atoms with Crippen LogP contribution in [0.4, 0.5) is 4.39 Å². The van der Waals surface area contributed by atoms with Crippen molar-refractivity contribution in [2.75, 3.05) is 13.1 Å². The molecule has 0 amide bonds. The van der Waals surface area contributed by atoms with Crippen LogP contribution in [-0.2, 0) is 6.42 Å². The molecule has 20 heavy (non-hydrogen) atoms. The Bertz CT molecular complexity index is 431. The molecule has 0 aliphatic rings. The van der Waals surface area contributed by atoms with Crippen molar-refractivity contribution in [1.29, 1.82) is 0 Å². The fourth-order valence-electron chi connectivity index (χ4n) is 2.23. The van der Waals surface area contributed by atoms with Gasteiger partial charge in [-0.05, 0) is 54.0 Å². The first-order valence-corrected chi connectivity index (χ1v) is 7.77. The number of hydrogen-bond donors (Lipinski definition) is 1. The Morgan fingerprint density at radius 2 is 1.90 bits per heavy atom. The monoisotopic (exact) mass is 299 g/mol. The molecule has 0 bridgehead atoms. The minimum Gasteiger partial charge on any atom is -0.316 e. The number of hydrogen-bond acceptors (Lipinski definition) is 1. The minimum absolute atomic E-state index is 0.0618. The molecule has 0 saturated carbocycles. The van der Waals surface area contributed by atoms with E-state index in [0.717, 1.165) is 25.1 Å². The van der Waals surface area contributed by atoms with Crippen molar-refractivity contribution >= 4 is 11.6 Å². The molecule has 0 radical (unpaired) electrons. The standard InChI is InChI=1S/C17H27ClFN/c1-12(2)10-20-11-17(5,13(3)4)9-14-8-15(19)6-7-16(14)18/h6-8,12-13,20H,9-11H2,1-5H3. The second-order valence-corrected chi connectivity index (χ2v) is 7.15. The molecule has 0 aromatic heterocycles. The summed E-state index contributed by atoms with van der Waals surface area (Å²) in [4.78, 5) is 0. The average molecular weight is 300 g/mol. The third kappa shape index (κ3) is 5.06. The average Bonchev–Trinajstić information content (AvgIpc) is 2.33. The summed E-state index contributed by atoms with van der Waals surface area (Å²) in [7, 11) is 0. The third-order valence-electron chi connectivity index (χ3n) is 4.08. The Hall–Kier alpha value is -0.600. The molecule has 1 aromatic rings. The second kappa shape index (κ2) is 7.42. The van der Waals surface area contributed by atoms with Gasteiger partial charge in [0.25, 0.3) is 0 Å². The van der Waals surface area contributed by atoms with E-state index in [4.69, 9.17) is 11.6 Å². The molecule has 0 spiro atoms. The van der Waals surface area contributed by atoms with Crippen LogP contribution in [0.2, 0.25) is 5.02 Å². The Morgan fingerprint density at radius 1 is 1.25 bits per heavy atom. The van der Waals surface area contributed by atoms with E-state index in [9.17, 15) is 4.39 Å². The van der Waals surface area contributed by atoms with Crippen LogP contribution in [0.5, 0.6) is 0 Å². The number of rotatable bonds is 7. The van der Waals surface area contributed by atoms with Crippen LogP contribution in [0.3, 0.4) is 0 Å². The highest BCUT2D eigenvalue weighted by Gasteiger charge is 2.29. The summed E-state index contributed by atoms with van der Waals surface area (Å²) in [5.41, 5.74) is 0.959. The molecule has 0 aliphatic heterocycles. The fourth-order valence-corrected chi connectivity index (χ4v) is 2.42. The topological polar surface area (TPSA) is 12.0 Å². The van der Waals surface area contributed by atoms with E-state index in [1.54, 1.807) is 12.1 Å². The van der Waals surface area contributed by atoms with E-state index in [0.29, 0.717) is 16.9 Å². The normalized spacial score (nSPS) is 14.8. The highest BCUT2D eigenvalue weighted by atomic mass is 35.5. The molecule has 1 N–H and O–H groups in total. The molecule has 1 aromatic carbocycles. The quantitative estimate of drug-likeness (QED) is 0.753. The van der Waals surface area contributed by atoms with Gasteiger partial charge in [0.05, 0.1) is 0 Å². The highest BCUT2D eigenvalue weighted by Crippen LogP contribution is 2.33. The number of benzene rings is 1. The third-order valence-corrected chi connectivity index (χ3v) is 4.45. The SMILES string of the molecule is CC(C)CNCC(C)(Cc1cc(F)ccc1Cl)C(C)C. The summed E-state index contributed by atoms with van der Waals surface area (Å²) in [6.07, 6.45) is 0.784. The van der Waals surface area contributed by atoms with Gasteiger partial charge in [-0.15, -0.1) is 0 Å². The summed E-state index contributed by atoms with van der Waals surface area (Å²) in [5, 5.41) is 4.18. The zero-order valence-corrected chi connectivity index (χ0v) is 14.0. The van der Waals surface area contributed by atoms with Crippen molar-refractivity contribution in [2.24, 2.45) is 17.3 Å². The summed E-state index contributed by atoms with van der Waals surface area (Å²) in [5.74, 6) is 0.899. The van der Waals surface area contributed by atoms with Crippen molar-refractivity contribution in [3.63, 3.8) is 0 Å². The van der Waals surface area contributed by atoms with Gasteiger partial charge in [-0.25, -0.2) is 4.39 Å². The molecule has 114 valence electrons. The van der Waals surface area contributed by atoms with Crippen LogP contribution in [0.15, 0.2) is 18.2 Å². The Labute approximate surface area is 127 Å².